The molecule has 1 aromatic heterocycles. The molecule has 2 aliphatic heterocycles. The van der Waals surface area contributed by atoms with E-state index in [4.69, 9.17) is 5.73 Å². The zero-order chi connectivity index (χ0) is 12.7. The standard InChI is InChI=1S/C11H14BrN5O/c12-8-4-14-5-9(13)10(8)16-1-2-17-7(6-16)3-15-11(17)18/h4-5,7H,1-3,6,13H2,(H,15,18). The van der Waals surface area contributed by atoms with Crippen molar-refractivity contribution >= 4 is 33.3 Å². The second-order valence-corrected chi connectivity index (χ2v) is 5.39. The first kappa shape index (κ1) is 11.6. The Hall–Kier alpha value is -1.50. The van der Waals surface area contributed by atoms with E-state index in [2.05, 4.69) is 31.1 Å². The van der Waals surface area contributed by atoms with E-state index in [1.807, 2.05) is 4.90 Å². The summed E-state index contributed by atoms with van der Waals surface area (Å²) in [5.41, 5.74) is 7.62. The normalized spacial score (nSPS) is 22.9. The molecule has 0 aliphatic carbocycles. The summed E-state index contributed by atoms with van der Waals surface area (Å²) >= 11 is 3.49. The molecule has 0 saturated carbocycles. The van der Waals surface area contributed by atoms with Gasteiger partial charge in [0.1, 0.15) is 0 Å². The average Bonchev–Trinajstić information content (AvgIpc) is 2.71. The number of piperazine rings is 1. The lowest BCUT2D eigenvalue weighted by molar-refractivity contribution is 0.197. The Morgan fingerprint density at radius 2 is 2.28 bits per heavy atom. The molecular weight excluding hydrogens is 298 g/mol. The maximum Gasteiger partial charge on any atom is 0.317 e. The number of aromatic nitrogens is 1. The van der Waals surface area contributed by atoms with E-state index in [0.29, 0.717) is 12.2 Å². The first-order valence-corrected chi connectivity index (χ1v) is 6.64. The minimum absolute atomic E-state index is 0.0430. The minimum Gasteiger partial charge on any atom is -0.396 e. The molecular formula is C11H14BrN5O. The number of nitrogen functional groups attached to an aromatic ring is 1. The van der Waals surface area contributed by atoms with E-state index in [1.165, 1.54) is 0 Å². The summed E-state index contributed by atoms with van der Waals surface area (Å²) < 4.78 is 0.897. The molecule has 0 spiro atoms. The monoisotopic (exact) mass is 311 g/mol. The smallest absolute Gasteiger partial charge is 0.317 e. The number of amides is 2. The van der Waals surface area contributed by atoms with Gasteiger partial charge in [-0.2, -0.15) is 0 Å². The lowest BCUT2D eigenvalue weighted by Gasteiger charge is -2.38. The molecule has 1 unspecified atom stereocenters. The molecule has 3 heterocycles. The van der Waals surface area contributed by atoms with Crippen molar-refractivity contribution < 1.29 is 4.79 Å². The Kier molecular flexibility index (Phi) is 2.77. The van der Waals surface area contributed by atoms with Gasteiger partial charge in [-0.3, -0.25) is 4.98 Å². The van der Waals surface area contributed by atoms with Crippen LogP contribution in [0, 0.1) is 0 Å². The molecule has 2 fully saturated rings. The van der Waals surface area contributed by atoms with Crippen LogP contribution in [-0.2, 0) is 0 Å². The molecule has 1 atom stereocenters. The summed E-state index contributed by atoms with van der Waals surface area (Å²) in [6.07, 6.45) is 3.40. The number of nitrogens with two attached hydrogens (primary N) is 1. The fraction of sp³-hybridized carbons (Fsp3) is 0.455. The molecule has 3 N–H and O–H groups in total. The average molecular weight is 312 g/mol. The molecule has 2 aliphatic rings. The van der Waals surface area contributed by atoms with E-state index in [0.717, 1.165) is 29.8 Å². The number of halogens is 1. The lowest BCUT2D eigenvalue weighted by Crippen LogP contribution is -2.52. The largest absolute Gasteiger partial charge is 0.396 e. The second-order valence-electron chi connectivity index (χ2n) is 4.54. The molecule has 0 aromatic carbocycles. The van der Waals surface area contributed by atoms with Gasteiger partial charge in [-0.25, -0.2) is 4.79 Å². The van der Waals surface area contributed by atoms with Gasteiger partial charge < -0.3 is 20.9 Å². The summed E-state index contributed by atoms with van der Waals surface area (Å²) in [7, 11) is 0. The zero-order valence-electron chi connectivity index (χ0n) is 9.77. The molecule has 18 heavy (non-hydrogen) atoms. The fourth-order valence-electron chi connectivity index (χ4n) is 2.58. The fourth-order valence-corrected chi connectivity index (χ4v) is 3.18. The second kappa shape index (κ2) is 4.31. The summed E-state index contributed by atoms with van der Waals surface area (Å²) in [6.45, 7) is 3.02. The first-order chi connectivity index (χ1) is 8.66. The number of hydrogen-bond donors (Lipinski definition) is 2. The van der Waals surface area contributed by atoms with Gasteiger partial charge in [0, 0.05) is 32.4 Å². The van der Waals surface area contributed by atoms with E-state index in [9.17, 15) is 4.79 Å². The summed E-state index contributed by atoms with van der Waals surface area (Å²) in [5.74, 6) is 0. The van der Waals surface area contributed by atoms with Crippen molar-refractivity contribution in [3.63, 3.8) is 0 Å². The molecule has 2 amide bonds. The zero-order valence-corrected chi connectivity index (χ0v) is 11.4. The number of fused-ring (bicyclic) bond motifs is 1. The van der Waals surface area contributed by atoms with E-state index in [-0.39, 0.29) is 12.1 Å². The maximum atomic E-state index is 11.5. The summed E-state index contributed by atoms with van der Waals surface area (Å²) in [5, 5.41) is 2.87. The highest BCUT2D eigenvalue weighted by Crippen LogP contribution is 2.33. The van der Waals surface area contributed by atoms with Crippen molar-refractivity contribution in [3.8, 4) is 0 Å². The number of pyridine rings is 1. The molecule has 7 heteroatoms. The number of hydrogen-bond acceptors (Lipinski definition) is 4. The van der Waals surface area contributed by atoms with E-state index in [1.54, 1.807) is 12.4 Å². The number of carbonyl (C=O) groups excluding carboxylic acids is 1. The minimum atomic E-state index is 0.0430. The summed E-state index contributed by atoms with van der Waals surface area (Å²) in [4.78, 5) is 19.7. The van der Waals surface area contributed by atoms with E-state index < -0.39 is 0 Å². The predicted octanol–water partition coefficient (Wildman–Crippen LogP) is 0.640. The van der Waals surface area contributed by atoms with Crippen molar-refractivity contribution in [2.75, 3.05) is 36.8 Å². The van der Waals surface area contributed by atoms with Crippen LogP contribution in [0.2, 0.25) is 0 Å². The van der Waals surface area contributed by atoms with Crippen LogP contribution in [0.1, 0.15) is 0 Å². The van der Waals surface area contributed by atoms with Crippen LogP contribution < -0.4 is 16.0 Å². The quantitative estimate of drug-likeness (QED) is 0.798. The number of urea groups is 1. The Morgan fingerprint density at radius 3 is 3.06 bits per heavy atom. The SMILES string of the molecule is Nc1cncc(Br)c1N1CCN2C(=O)NCC2C1. The number of rotatable bonds is 1. The van der Waals surface area contributed by atoms with Gasteiger partial charge in [0.25, 0.3) is 0 Å². The number of anilines is 2. The molecule has 6 nitrogen and oxygen atoms in total. The van der Waals surface area contributed by atoms with Gasteiger partial charge in [0.05, 0.1) is 28.1 Å². The molecule has 1 aromatic rings. The molecule has 0 bridgehead atoms. The topological polar surface area (TPSA) is 74.5 Å². The van der Waals surface area contributed by atoms with Gasteiger partial charge in [0.2, 0.25) is 0 Å². The van der Waals surface area contributed by atoms with Crippen LogP contribution in [0.5, 0.6) is 0 Å². The Balaban J connectivity index is 1.85. The Morgan fingerprint density at radius 1 is 1.44 bits per heavy atom. The van der Waals surface area contributed by atoms with Crippen molar-refractivity contribution in [2.45, 2.75) is 6.04 Å². The first-order valence-electron chi connectivity index (χ1n) is 5.85. The van der Waals surface area contributed by atoms with Crippen LogP contribution in [0.4, 0.5) is 16.2 Å². The molecule has 3 rings (SSSR count). The summed E-state index contributed by atoms with van der Waals surface area (Å²) in [6, 6.07) is 0.270. The molecule has 0 radical (unpaired) electrons. The molecule has 96 valence electrons. The predicted molar refractivity (Wildman–Crippen MR) is 72.5 cm³/mol. The van der Waals surface area contributed by atoms with E-state index >= 15 is 0 Å². The van der Waals surface area contributed by atoms with Crippen LogP contribution in [0.3, 0.4) is 0 Å². The van der Waals surface area contributed by atoms with Crippen LogP contribution in [0.15, 0.2) is 16.9 Å². The highest BCUT2D eigenvalue weighted by Gasteiger charge is 2.36. The highest BCUT2D eigenvalue weighted by molar-refractivity contribution is 9.10. The number of carbonyl (C=O) groups is 1. The highest BCUT2D eigenvalue weighted by atomic mass is 79.9. The Labute approximate surface area is 113 Å². The van der Waals surface area contributed by atoms with Crippen LogP contribution >= 0.6 is 15.9 Å². The van der Waals surface area contributed by atoms with Gasteiger partial charge in [-0.15, -0.1) is 0 Å². The van der Waals surface area contributed by atoms with Gasteiger partial charge in [-0.1, -0.05) is 0 Å². The maximum absolute atomic E-state index is 11.5. The molecule has 2 saturated heterocycles. The van der Waals surface area contributed by atoms with Crippen LogP contribution in [-0.4, -0.2) is 48.1 Å². The van der Waals surface area contributed by atoms with Crippen molar-refractivity contribution in [1.82, 2.24) is 15.2 Å². The van der Waals surface area contributed by atoms with Crippen molar-refractivity contribution in [2.24, 2.45) is 0 Å². The number of nitrogens with one attached hydrogen (secondary N) is 1. The number of nitrogens with zero attached hydrogens (tertiary/aromatic N) is 3. The van der Waals surface area contributed by atoms with Crippen molar-refractivity contribution in [3.05, 3.63) is 16.9 Å². The third kappa shape index (κ3) is 1.78. The van der Waals surface area contributed by atoms with Gasteiger partial charge in [0.15, 0.2) is 0 Å². The third-order valence-corrected chi connectivity index (χ3v) is 4.03. The van der Waals surface area contributed by atoms with Crippen LogP contribution in [0.25, 0.3) is 0 Å². The van der Waals surface area contributed by atoms with Gasteiger partial charge >= 0.3 is 6.03 Å². The van der Waals surface area contributed by atoms with Gasteiger partial charge in [-0.05, 0) is 15.9 Å². The lowest BCUT2D eigenvalue weighted by atomic mass is 10.1. The third-order valence-electron chi connectivity index (χ3n) is 3.45. The van der Waals surface area contributed by atoms with Crippen molar-refractivity contribution in [1.29, 1.82) is 0 Å². The Bertz CT molecular complexity index is 474.